The standard InChI is InChI=1S/C23H28N8O2/c24-7-5-19(15-3-1-2-4-15)31-13-18(21-17-6-8-26-22(17)28-14-27-21)23(29-31)30-9-10-33-16(12-30)11-20(25)32/h6,8,13-16,19H,1-5,9-12H2,(H2,25,32)(H,26,27,28). The van der Waals surface area contributed by atoms with Gasteiger partial charge in [0, 0.05) is 30.9 Å². The molecule has 2 fully saturated rings. The van der Waals surface area contributed by atoms with Crippen molar-refractivity contribution in [2.24, 2.45) is 11.7 Å². The Morgan fingerprint density at radius 2 is 2.21 bits per heavy atom. The van der Waals surface area contributed by atoms with Crippen molar-refractivity contribution in [3.05, 3.63) is 24.8 Å². The van der Waals surface area contributed by atoms with E-state index in [0.29, 0.717) is 32.0 Å². The first-order valence-electron chi connectivity index (χ1n) is 11.5. The topological polar surface area (TPSA) is 139 Å². The highest BCUT2D eigenvalue weighted by atomic mass is 16.5. The Bertz CT molecular complexity index is 1170. The van der Waals surface area contributed by atoms with Gasteiger partial charge in [-0.15, -0.1) is 0 Å². The Hall–Kier alpha value is -3.45. The quantitative estimate of drug-likeness (QED) is 0.566. The summed E-state index contributed by atoms with van der Waals surface area (Å²) < 4.78 is 7.74. The number of nitriles is 1. The third-order valence-electron chi connectivity index (χ3n) is 6.77. The third-order valence-corrected chi connectivity index (χ3v) is 6.77. The van der Waals surface area contributed by atoms with E-state index in [0.717, 1.165) is 41.0 Å². The molecule has 2 atom stereocenters. The minimum Gasteiger partial charge on any atom is -0.374 e. The molecule has 10 heteroatoms. The van der Waals surface area contributed by atoms with Crippen molar-refractivity contribution in [1.29, 1.82) is 5.26 Å². The van der Waals surface area contributed by atoms with E-state index < -0.39 is 0 Å². The van der Waals surface area contributed by atoms with Crippen molar-refractivity contribution in [2.45, 2.75) is 50.7 Å². The molecule has 3 N–H and O–H groups in total. The van der Waals surface area contributed by atoms with Crippen LogP contribution in [-0.2, 0) is 9.53 Å². The van der Waals surface area contributed by atoms with Crippen LogP contribution in [0.15, 0.2) is 24.8 Å². The summed E-state index contributed by atoms with van der Waals surface area (Å²) in [6.07, 6.45) is 10.4. The molecule has 4 heterocycles. The molecular formula is C23H28N8O2. The number of carbonyl (C=O) groups excluding carboxylic acids is 1. The van der Waals surface area contributed by atoms with Gasteiger partial charge in [0.1, 0.15) is 12.0 Å². The number of nitrogens with zero attached hydrogens (tertiary/aromatic N) is 6. The van der Waals surface area contributed by atoms with Crippen molar-refractivity contribution < 1.29 is 9.53 Å². The van der Waals surface area contributed by atoms with Gasteiger partial charge in [0.2, 0.25) is 5.91 Å². The van der Waals surface area contributed by atoms with E-state index in [2.05, 4.69) is 25.9 Å². The molecule has 3 aromatic rings. The Morgan fingerprint density at radius 1 is 1.36 bits per heavy atom. The van der Waals surface area contributed by atoms with Gasteiger partial charge in [0.05, 0.1) is 48.9 Å². The lowest BCUT2D eigenvalue weighted by Crippen LogP contribution is -2.44. The Morgan fingerprint density at radius 3 is 3.00 bits per heavy atom. The first-order valence-corrected chi connectivity index (χ1v) is 11.5. The van der Waals surface area contributed by atoms with E-state index in [9.17, 15) is 10.1 Å². The molecule has 172 valence electrons. The summed E-state index contributed by atoms with van der Waals surface area (Å²) in [7, 11) is 0. The smallest absolute Gasteiger partial charge is 0.220 e. The zero-order valence-corrected chi connectivity index (χ0v) is 18.5. The largest absolute Gasteiger partial charge is 0.374 e. The van der Waals surface area contributed by atoms with E-state index in [1.54, 1.807) is 6.33 Å². The number of ether oxygens (including phenoxy) is 1. The fraction of sp³-hybridized carbons (Fsp3) is 0.522. The summed E-state index contributed by atoms with van der Waals surface area (Å²) >= 11 is 0. The van der Waals surface area contributed by atoms with Gasteiger partial charge < -0.3 is 20.4 Å². The molecule has 1 amide bonds. The zero-order valence-electron chi connectivity index (χ0n) is 18.5. The molecule has 0 spiro atoms. The van der Waals surface area contributed by atoms with Crippen LogP contribution in [0, 0.1) is 17.2 Å². The molecule has 33 heavy (non-hydrogen) atoms. The van der Waals surface area contributed by atoms with Crippen molar-refractivity contribution in [2.75, 3.05) is 24.6 Å². The maximum absolute atomic E-state index is 11.5. The fourth-order valence-electron chi connectivity index (χ4n) is 5.21. The lowest BCUT2D eigenvalue weighted by molar-refractivity contribution is -0.121. The molecule has 5 rings (SSSR count). The highest BCUT2D eigenvalue weighted by molar-refractivity contribution is 5.93. The van der Waals surface area contributed by atoms with Crippen molar-refractivity contribution in [3.8, 4) is 17.3 Å². The number of carbonyl (C=O) groups is 1. The Labute approximate surface area is 191 Å². The average molecular weight is 449 g/mol. The van der Waals surface area contributed by atoms with Gasteiger partial charge in [-0.3, -0.25) is 9.48 Å². The van der Waals surface area contributed by atoms with Crippen molar-refractivity contribution in [3.63, 3.8) is 0 Å². The molecule has 1 aliphatic carbocycles. The molecule has 2 unspecified atom stereocenters. The molecule has 1 saturated carbocycles. The van der Waals surface area contributed by atoms with Gasteiger partial charge in [-0.1, -0.05) is 12.8 Å². The maximum Gasteiger partial charge on any atom is 0.220 e. The summed E-state index contributed by atoms with van der Waals surface area (Å²) in [5.41, 5.74) is 7.86. The third kappa shape index (κ3) is 4.28. The lowest BCUT2D eigenvalue weighted by Gasteiger charge is -2.33. The predicted molar refractivity (Wildman–Crippen MR) is 122 cm³/mol. The average Bonchev–Trinajstić information content (AvgIpc) is 3.57. The van der Waals surface area contributed by atoms with Crippen LogP contribution in [0.25, 0.3) is 22.3 Å². The molecular weight excluding hydrogens is 420 g/mol. The summed E-state index contributed by atoms with van der Waals surface area (Å²) in [5.74, 6) is 0.845. The molecule has 3 aromatic heterocycles. The monoisotopic (exact) mass is 448 g/mol. The molecule has 10 nitrogen and oxygen atoms in total. The van der Waals surface area contributed by atoms with Crippen LogP contribution in [0.2, 0.25) is 0 Å². The summed E-state index contributed by atoms with van der Waals surface area (Å²) in [5, 5.41) is 15.5. The van der Waals surface area contributed by atoms with Gasteiger partial charge in [0.15, 0.2) is 5.82 Å². The second-order valence-corrected chi connectivity index (χ2v) is 8.89. The van der Waals surface area contributed by atoms with Gasteiger partial charge in [0.25, 0.3) is 0 Å². The number of morpholine rings is 1. The first-order chi connectivity index (χ1) is 16.1. The molecule has 2 aliphatic rings. The first kappa shape index (κ1) is 21.4. The molecule has 0 radical (unpaired) electrons. The maximum atomic E-state index is 11.5. The molecule has 0 bridgehead atoms. The van der Waals surface area contributed by atoms with Crippen LogP contribution in [0.3, 0.4) is 0 Å². The number of fused-ring (bicyclic) bond motifs is 1. The molecule has 1 saturated heterocycles. The second-order valence-electron chi connectivity index (χ2n) is 8.89. The number of hydrogen-bond donors (Lipinski definition) is 2. The van der Waals surface area contributed by atoms with Crippen LogP contribution in [-0.4, -0.2) is 56.4 Å². The van der Waals surface area contributed by atoms with Crippen LogP contribution >= 0.6 is 0 Å². The summed E-state index contributed by atoms with van der Waals surface area (Å²) in [6, 6.07) is 4.36. The Balaban J connectivity index is 1.58. The van der Waals surface area contributed by atoms with Crippen LogP contribution in [0.1, 0.15) is 44.6 Å². The van der Waals surface area contributed by atoms with Gasteiger partial charge >= 0.3 is 0 Å². The number of primary amides is 1. The zero-order chi connectivity index (χ0) is 22.8. The molecule has 1 aliphatic heterocycles. The van der Waals surface area contributed by atoms with Crippen molar-refractivity contribution >= 4 is 22.8 Å². The number of nitrogens with two attached hydrogens (primary N) is 1. The minimum absolute atomic E-state index is 0.0241. The van der Waals surface area contributed by atoms with Crippen LogP contribution < -0.4 is 10.6 Å². The number of aromatic amines is 1. The second kappa shape index (κ2) is 9.19. The van der Waals surface area contributed by atoms with E-state index in [-0.39, 0.29) is 24.5 Å². The fourth-order valence-corrected chi connectivity index (χ4v) is 5.21. The Kier molecular flexibility index (Phi) is 5.96. The number of anilines is 1. The number of nitrogens with one attached hydrogen (secondary N) is 1. The van der Waals surface area contributed by atoms with Crippen molar-refractivity contribution in [1.82, 2.24) is 24.7 Å². The normalized spacial score (nSPS) is 20.2. The van der Waals surface area contributed by atoms with Gasteiger partial charge in [-0.25, -0.2) is 9.97 Å². The summed E-state index contributed by atoms with van der Waals surface area (Å²) in [4.78, 5) is 25.7. The number of amides is 1. The summed E-state index contributed by atoms with van der Waals surface area (Å²) in [6.45, 7) is 1.64. The number of H-pyrrole nitrogens is 1. The van der Waals surface area contributed by atoms with E-state index >= 15 is 0 Å². The SMILES string of the molecule is N#CCC(C1CCCC1)n1cc(-c2ncnc3[nH]ccc23)c(N2CCOC(CC(N)=O)C2)n1. The van der Waals surface area contributed by atoms with Crippen LogP contribution in [0.5, 0.6) is 0 Å². The number of rotatable bonds is 7. The highest BCUT2D eigenvalue weighted by Crippen LogP contribution is 2.39. The van der Waals surface area contributed by atoms with E-state index in [1.807, 2.05) is 23.1 Å². The lowest BCUT2D eigenvalue weighted by atomic mass is 9.96. The molecule has 0 aromatic carbocycles. The predicted octanol–water partition coefficient (Wildman–Crippen LogP) is 2.55. The number of aromatic nitrogens is 5. The van der Waals surface area contributed by atoms with E-state index in [1.165, 1.54) is 12.8 Å². The highest BCUT2D eigenvalue weighted by Gasteiger charge is 2.31. The van der Waals surface area contributed by atoms with Crippen LogP contribution in [0.4, 0.5) is 5.82 Å². The van der Waals surface area contributed by atoms with E-state index in [4.69, 9.17) is 15.6 Å². The number of hydrogen-bond acceptors (Lipinski definition) is 7. The van der Waals surface area contributed by atoms with Gasteiger partial charge in [-0.2, -0.15) is 10.4 Å². The minimum atomic E-state index is -0.382. The van der Waals surface area contributed by atoms with Gasteiger partial charge in [-0.05, 0) is 24.8 Å².